The molecule has 3 aromatic heterocycles. The van der Waals surface area contributed by atoms with Gasteiger partial charge in [-0.25, -0.2) is 24.3 Å². The maximum absolute atomic E-state index is 15.7. The molecule has 0 unspecified atom stereocenters. The number of imidazole rings is 1. The third-order valence-electron chi connectivity index (χ3n) is 8.06. The van der Waals surface area contributed by atoms with Crippen molar-refractivity contribution in [3.05, 3.63) is 79.2 Å². The Morgan fingerprint density at radius 2 is 1.91 bits per heavy atom. The lowest BCUT2D eigenvalue weighted by molar-refractivity contribution is -0.130. The van der Waals surface area contributed by atoms with Crippen LogP contribution in [0.15, 0.2) is 67.8 Å². The number of aromatic nitrogens is 5. The van der Waals surface area contributed by atoms with Gasteiger partial charge in [0.25, 0.3) is 0 Å². The van der Waals surface area contributed by atoms with Gasteiger partial charge in [0.2, 0.25) is 5.91 Å². The number of anilines is 3. The first-order valence-electron chi connectivity index (χ1n) is 14.1. The lowest BCUT2D eigenvalue weighted by Gasteiger charge is -2.35. The number of ether oxygens (including phenoxy) is 1. The maximum atomic E-state index is 15.7. The highest BCUT2D eigenvalue weighted by molar-refractivity contribution is 5.89. The number of amides is 1. The second-order valence-electron chi connectivity index (χ2n) is 11.3. The molecule has 1 aliphatic heterocycles. The van der Waals surface area contributed by atoms with Crippen LogP contribution in [0.3, 0.4) is 0 Å². The lowest BCUT2D eigenvalue weighted by Crippen LogP contribution is -2.47. The van der Waals surface area contributed by atoms with Gasteiger partial charge in [-0.3, -0.25) is 4.79 Å². The van der Waals surface area contributed by atoms with Gasteiger partial charge < -0.3 is 24.4 Å². The number of halogens is 1. The molecule has 0 bridgehead atoms. The zero-order valence-corrected chi connectivity index (χ0v) is 24.6. The summed E-state index contributed by atoms with van der Waals surface area (Å²) in [6, 6.07) is 12.7. The van der Waals surface area contributed by atoms with E-state index in [1.807, 2.05) is 46.8 Å². The van der Waals surface area contributed by atoms with Crippen LogP contribution in [0.4, 0.5) is 21.7 Å². The minimum atomic E-state index is -0.457. The summed E-state index contributed by atoms with van der Waals surface area (Å²) in [5.74, 6) is 1.56. The van der Waals surface area contributed by atoms with Crippen molar-refractivity contribution in [3.63, 3.8) is 0 Å². The summed E-state index contributed by atoms with van der Waals surface area (Å²) in [5.41, 5.74) is 3.20. The van der Waals surface area contributed by atoms with Gasteiger partial charge in [0.05, 0.1) is 28.6 Å². The molecule has 0 saturated carbocycles. The number of rotatable bonds is 6. The summed E-state index contributed by atoms with van der Waals surface area (Å²) in [7, 11) is 1.93. The fourth-order valence-electron chi connectivity index (χ4n) is 5.43. The smallest absolute Gasteiger partial charge is 0.246 e. The molecule has 1 N–H and O–H groups in total. The molecule has 0 spiro atoms. The second kappa shape index (κ2) is 11.0. The van der Waals surface area contributed by atoms with E-state index in [2.05, 4.69) is 45.6 Å². The van der Waals surface area contributed by atoms with E-state index in [1.54, 1.807) is 25.4 Å². The molecule has 0 aliphatic carbocycles. The maximum Gasteiger partial charge on any atom is 0.246 e. The first-order valence-corrected chi connectivity index (χ1v) is 14.1. The number of aryl methyl sites for hydroxylation is 1. The molecular weight excluding hydrogens is 547 g/mol. The van der Waals surface area contributed by atoms with Gasteiger partial charge in [0.1, 0.15) is 29.2 Å². The molecule has 4 heterocycles. The summed E-state index contributed by atoms with van der Waals surface area (Å²) in [6.45, 7) is 11.3. The van der Waals surface area contributed by atoms with Crippen molar-refractivity contribution >= 4 is 45.3 Å². The number of hydrogen-bond donors (Lipinski definition) is 1. The van der Waals surface area contributed by atoms with Crippen molar-refractivity contribution in [2.45, 2.75) is 32.7 Å². The first kappa shape index (κ1) is 28.1. The van der Waals surface area contributed by atoms with Crippen LogP contribution in [0.1, 0.15) is 25.8 Å². The van der Waals surface area contributed by atoms with Crippen molar-refractivity contribution in [2.75, 3.05) is 29.9 Å². The van der Waals surface area contributed by atoms with Crippen LogP contribution in [0.2, 0.25) is 0 Å². The highest BCUT2D eigenvalue weighted by Crippen LogP contribution is 2.34. The van der Waals surface area contributed by atoms with Gasteiger partial charge in [0, 0.05) is 43.9 Å². The zero-order chi connectivity index (χ0) is 30.3. The van der Waals surface area contributed by atoms with Gasteiger partial charge in [-0.1, -0.05) is 6.58 Å². The van der Waals surface area contributed by atoms with E-state index in [0.717, 1.165) is 23.3 Å². The van der Waals surface area contributed by atoms with E-state index in [1.165, 1.54) is 12.4 Å². The molecule has 43 heavy (non-hydrogen) atoms. The third-order valence-corrected chi connectivity index (χ3v) is 8.06. The Morgan fingerprint density at radius 3 is 2.72 bits per heavy atom. The van der Waals surface area contributed by atoms with Gasteiger partial charge in [0.15, 0.2) is 11.6 Å². The van der Waals surface area contributed by atoms with Crippen LogP contribution in [0.25, 0.3) is 22.1 Å². The van der Waals surface area contributed by atoms with Crippen molar-refractivity contribution in [2.24, 2.45) is 7.05 Å². The molecule has 220 valence electrons. The number of nitrogens with one attached hydrogen (secondary N) is 1. The van der Waals surface area contributed by atoms with E-state index >= 15 is 4.39 Å². The molecule has 1 aliphatic rings. The predicted octanol–water partition coefficient (Wildman–Crippen LogP) is 5.90. The Hall–Kier alpha value is -5.06. The second-order valence-corrected chi connectivity index (χ2v) is 11.3. The summed E-state index contributed by atoms with van der Waals surface area (Å²) in [4.78, 5) is 34.5. The SMILES string of the molecule is C=CC(=O)N1CCN(c2ccc3ncnc(Nc4ccc(Oc5ccc6c(c5)ncn6C)c(C)c4F)c3n2)CCC1(C)C. The van der Waals surface area contributed by atoms with Crippen LogP contribution in [0, 0.1) is 12.7 Å². The van der Waals surface area contributed by atoms with E-state index in [0.29, 0.717) is 53.5 Å². The lowest BCUT2D eigenvalue weighted by atomic mass is 9.98. The number of nitrogens with zero attached hydrogens (tertiary/aromatic N) is 7. The van der Waals surface area contributed by atoms with Crippen LogP contribution >= 0.6 is 0 Å². The normalized spacial score (nSPS) is 15.0. The predicted molar refractivity (Wildman–Crippen MR) is 165 cm³/mol. The number of pyridine rings is 1. The highest BCUT2D eigenvalue weighted by atomic mass is 19.1. The molecule has 10 nitrogen and oxygen atoms in total. The summed E-state index contributed by atoms with van der Waals surface area (Å²) >= 11 is 0. The summed E-state index contributed by atoms with van der Waals surface area (Å²) in [6.07, 6.45) is 5.29. The van der Waals surface area contributed by atoms with Crippen LogP contribution in [-0.4, -0.2) is 60.5 Å². The molecule has 0 radical (unpaired) electrons. The topological polar surface area (TPSA) is 101 Å². The molecule has 1 amide bonds. The number of carbonyl (C=O) groups excluding carboxylic acids is 1. The van der Waals surface area contributed by atoms with Gasteiger partial charge in [-0.05, 0) is 69.7 Å². The molecule has 2 aromatic carbocycles. The Labute approximate surface area is 248 Å². The van der Waals surface area contributed by atoms with Crippen molar-refractivity contribution in [3.8, 4) is 11.5 Å². The van der Waals surface area contributed by atoms with Gasteiger partial charge in [-0.2, -0.15) is 0 Å². The average Bonchev–Trinajstić information content (AvgIpc) is 3.28. The van der Waals surface area contributed by atoms with Crippen molar-refractivity contribution in [1.82, 2.24) is 29.4 Å². The minimum Gasteiger partial charge on any atom is -0.457 e. The Kier molecular flexibility index (Phi) is 7.17. The van der Waals surface area contributed by atoms with Crippen molar-refractivity contribution in [1.29, 1.82) is 0 Å². The Bertz CT molecular complexity index is 1870. The third kappa shape index (κ3) is 5.33. The molecule has 6 rings (SSSR count). The quantitative estimate of drug-likeness (QED) is 0.248. The number of hydrogen-bond acceptors (Lipinski definition) is 8. The minimum absolute atomic E-state index is 0.0822. The molecule has 1 saturated heterocycles. The monoisotopic (exact) mass is 580 g/mol. The largest absolute Gasteiger partial charge is 0.457 e. The fourth-order valence-corrected chi connectivity index (χ4v) is 5.43. The van der Waals surface area contributed by atoms with Crippen molar-refractivity contribution < 1.29 is 13.9 Å². The van der Waals surface area contributed by atoms with E-state index in [4.69, 9.17) is 9.72 Å². The van der Waals surface area contributed by atoms with Gasteiger partial charge >= 0.3 is 0 Å². The summed E-state index contributed by atoms with van der Waals surface area (Å²) in [5, 5.41) is 3.12. The van der Waals surface area contributed by atoms with Crippen LogP contribution < -0.4 is 15.0 Å². The number of benzene rings is 2. The van der Waals surface area contributed by atoms with E-state index in [-0.39, 0.29) is 17.1 Å². The standard InChI is InChI=1S/C32H33FN8O2/c1-6-28(42)41-16-15-40(14-13-32(41,3)4)27-12-9-23-30(38-27)31(35-18-34-23)37-22-8-11-26(20(2)29(22)33)43-21-7-10-25-24(17-21)36-19-39(25)5/h6-12,17-19H,1,13-16H2,2-5H3,(H,34,35,37). The van der Waals surface area contributed by atoms with Crippen LogP contribution in [0.5, 0.6) is 11.5 Å². The van der Waals surface area contributed by atoms with E-state index < -0.39 is 5.82 Å². The molecular formula is C32H33FN8O2. The molecule has 1 fully saturated rings. The molecule has 11 heteroatoms. The fraction of sp³-hybridized carbons (Fsp3) is 0.281. The zero-order valence-electron chi connectivity index (χ0n) is 24.6. The summed E-state index contributed by atoms with van der Waals surface area (Å²) < 4.78 is 23.6. The Morgan fingerprint density at radius 1 is 1.07 bits per heavy atom. The Balaban J connectivity index is 1.25. The highest BCUT2D eigenvalue weighted by Gasteiger charge is 2.33. The average molecular weight is 581 g/mol. The molecule has 0 atom stereocenters. The van der Waals surface area contributed by atoms with Crippen LogP contribution in [-0.2, 0) is 11.8 Å². The van der Waals surface area contributed by atoms with E-state index in [9.17, 15) is 4.79 Å². The van der Waals surface area contributed by atoms with Gasteiger partial charge in [-0.15, -0.1) is 0 Å². The number of carbonyl (C=O) groups is 1. The number of fused-ring (bicyclic) bond motifs is 2. The molecule has 5 aromatic rings. The first-order chi connectivity index (χ1) is 20.6.